The third-order valence-corrected chi connectivity index (χ3v) is 9.89. The van der Waals surface area contributed by atoms with Gasteiger partial charge in [-0.2, -0.15) is 5.26 Å². The molecule has 0 bridgehead atoms. The lowest BCUT2D eigenvalue weighted by Crippen LogP contribution is -2.52. The van der Waals surface area contributed by atoms with Crippen LogP contribution in [-0.4, -0.2) is 42.1 Å². The second-order valence-corrected chi connectivity index (χ2v) is 14.2. The molecule has 45 heavy (non-hydrogen) atoms. The summed E-state index contributed by atoms with van der Waals surface area (Å²) >= 11 is 12.5. The molecule has 3 aromatic carbocycles. The van der Waals surface area contributed by atoms with Gasteiger partial charge in [-0.1, -0.05) is 62.2 Å². The summed E-state index contributed by atoms with van der Waals surface area (Å²) in [6.07, 6.45) is 1.63. The van der Waals surface area contributed by atoms with Crippen LogP contribution in [0.25, 0.3) is 0 Å². The molecule has 234 valence electrons. The Kier molecular flexibility index (Phi) is 7.96. The Labute approximate surface area is 271 Å². The van der Waals surface area contributed by atoms with Gasteiger partial charge >= 0.3 is 5.97 Å². The predicted octanol–water partition coefficient (Wildman–Crippen LogP) is 7.88. The maximum absolute atomic E-state index is 16.2. The van der Waals surface area contributed by atoms with E-state index >= 15 is 8.78 Å². The molecule has 1 saturated carbocycles. The zero-order valence-electron chi connectivity index (χ0n) is 25.4. The van der Waals surface area contributed by atoms with E-state index < -0.39 is 47.2 Å². The van der Waals surface area contributed by atoms with Gasteiger partial charge in [-0.25, -0.2) is 13.6 Å². The second-order valence-electron chi connectivity index (χ2n) is 13.4. The molecule has 0 radical (unpaired) electrons. The molecule has 0 N–H and O–H groups in total. The van der Waals surface area contributed by atoms with Crippen LogP contribution in [0.4, 0.5) is 14.5 Å². The zero-order valence-corrected chi connectivity index (χ0v) is 26.9. The fourth-order valence-corrected chi connectivity index (χ4v) is 7.83. The van der Waals surface area contributed by atoms with Gasteiger partial charge in [0.1, 0.15) is 23.1 Å². The normalized spacial score (nSPS) is 26.6. The van der Waals surface area contributed by atoms with Crippen LogP contribution >= 0.6 is 23.2 Å². The molecule has 10 heteroatoms. The quantitative estimate of drug-likeness (QED) is 0.254. The number of methoxy groups -OCH3 is 1. The predicted molar refractivity (Wildman–Crippen MR) is 168 cm³/mol. The van der Waals surface area contributed by atoms with Gasteiger partial charge in [-0.15, -0.1) is 0 Å². The zero-order chi connectivity index (χ0) is 32.4. The molecule has 6 nitrogen and oxygen atoms in total. The van der Waals surface area contributed by atoms with Crippen molar-refractivity contribution in [3.8, 4) is 6.07 Å². The van der Waals surface area contributed by atoms with Crippen molar-refractivity contribution < 1.29 is 23.1 Å². The summed E-state index contributed by atoms with van der Waals surface area (Å²) in [4.78, 5) is 30.8. The molecule has 5 atom stereocenters. The maximum atomic E-state index is 16.2. The number of hydrogen-bond acceptors (Lipinski definition) is 5. The average Bonchev–Trinajstić information content (AvgIpc) is 3.74. The number of halogens is 4. The Balaban J connectivity index is 1.63. The minimum Gasteiger partial charge on any atom is -0.465 e. The molecule has 3 aromatic rings. The number of carbonyl (C=O) groups is 2. The van der Waals surface area contributed by atoms with E-state index in [1.807, 2.05) is 20.8 Å². The van der Waals surface area contributed by atoms with Gasteiger partial charge in [0.25, 0.3) is 0 Å². The van der Waals surface area contributed by atoms with Crippen molar-refractivity contribution in [3.05, 3.63) is 99.0 Å². The maximum Gasteiger partial charge on any atom is 0.337 e. The standard InChI is InChI=1S/C35H33Cl2F2N3O3/c1-34(2,3)17-27-35(18-40,24-15-12-21(36)16-26(24)38)28(23-6-5-7-25(37)29(23)39)30-32(43)41(31(42(27)30)19-8-9-19)22-13-10-20(11-14-22)33(44)45-4/h5-7,10-16,19,27-28,30-31H,8-9,17H2,1-4H3/t27-,28-,30+,31+,35-/m0/s1. The highest BCUT2D eigenvalue weighted by atomic mass is 35.5. The van der Waals surface area contributed by atoms with Crippen LogP contribution in [-0.2, 0) is 14.9 Å². The summed E-state index contributed by atoms with van der Waals surface area (Å²) in [5, 5.41) is 11.3. The molecular formula is C35H33Cl2F2N3O3. The third kappa shape index (κ3) is 5.10. The molecule has 2 heterocycles. The van der Waals surface area contributed by atoms with E-state index in [1.165, 1.54) is 31.4 Å². The second kappa shape index (κ2) is 11.4. The number of benzene rings is 3. The third-order valence-electron chi connectivity index (χ3n) is 9.37. The van der Waals surface area contributed by atoms with E-state index in [4.69, 9.17) is 27.9 Å². The minimum absolute atomic E-state index is 0.0683. The number of amides is 1. The van der Waals surface area contributed by atoms with Crippen molar-refractivity contribution in [3.63, 3.8) is 0 Å². The first-order valence-corrected chi connectivity index (χ1v) is 15.7. The number of carbonyl (C=O) groups excluding carboxylic acids is 2. The van der Waals surface area contributed by atoms with Crippen LogP contribution in [0.1, 0.15) is 67.4 Å². The lowest BCUT2D eigenvalue weighted by Gasteiger charge is -2.42. The summed E-state index contributed by atoms with van der Waals surface area (Å²) in [5.41, 5.74) is -0.993. The van der Waals surface area contributed by atoms with Crippen molar-refractivity contribution in [2.75, 3.05) is 12.0 Å². The molecule has 1 amide bonds. The lowest BCUT2D eigenvalue weighted by molar-refractivity contribution is -0.119. The number of esters is 1. The summed E-state index contributed by atoms with van der Waals surface area (Å²) < 4.78 is 37.1. The van der Waals surface area contributed by atoms with Gasteiger partial charge in [-0.05, 0) is 78.6 Å². The van der Waals surface area contributed by atoms with Crippen LogP contribution in [0.5, 0.6) is 0 Å². The summed E-state index contributed by atoms with van der Waals surface area (Å²) in [5.74, 6) is -3.30. The SMILES string of the molecule is COC(=O)c1ccc(N2C(=O)[C@H]3[C@H](c4cccc(Cl)c4F)[C@@](C#N)(c4ccc(Cl)cc4F)[C@H](CC(C)(C)C)N3[C@@H]2C2CC2)cc1. The van der Waals surface area contributed by atoms with E-state index in [0.717, 1.165) is 18.9 Å². The Hall–Kier alpha value is -3.51. The van der Waals surface area contributed by atoms with E-state index in [-0.39, 0.29) is 38.4 Å². The van der Waals surface area contributed by atoms with Gasteiger partial charge in [-0.3, -0.25) is 14.6 Å². The fourth-order valence-electron chi connectivity index (χ4n) is 7.49. The van der Waals surface area contributed by atoms with Crippen LogP contribution in [0.3, 0.4) is 0 Å². The Morgan fingerprint density at radius 3 is 2.36 bits per heavy atom. The van der Waals surface area contributed by atoms with Crippen LogP contribution in [0.2, 0.25) is 10.0 Å². The molecular weight excluding hydrogens is 619 g/mol. The average molecular weight is 653 g/mol. The number of rotatable bonds is 6. The van der Waals surface area contributed by atoms with Crippen LogP contribution < -0.4 is 4.90 Å². The first-order valence-electron chi connectivity index (χ1n) is 14.9. The van der Waals surface area contributed by atoms with Crippen LogP contribution in [0, 0.1) is 34.3 Å². The summed E-state index contributed by atoms with van der Waals surface area (Å²) in [6, 6.07) is 16.1. The molecule has 3 fully saturated rings. The molecule has 3 aliphatic rings. The molecule has 6 rings (SSSR count). The Morgan fingerprint density at radius 1 is 1.09 bits per heavy atom. The summed E-state index contributed by atoms with van der Waals surface area (Å²) in [6.45, 7) is 6.09. The van der Waals surface area contributed by atoms with Gasteiger partial charge in [0, 0.05) is 28.2 Å². The number of fused-ring (bicyclic) bond motifs is 1. The van der Waals surface area contributed by atoms with Crippen molar-refractivity contribution in [1.29, 1.82) is 5.26 Å². The van der Waals surface area contributed by atoms with Gasteiger partial charge in [0.05, 0.1) is 29.9 Å². The molecule has 2 saturated heterocycles. The highest BCUT2D eigenvalue weighted by Crippen LogP contribution is 2.61. The number of nitriles is 1. The van der Waals surface area contributed by atoms with Crippen LogP contribution in [0.15, 0.2) is 60.7 Å². The topological polar surface area (TPSA) is 73.6 Å². The van der Waals surface area contributed by atoms with E-state index in [9.17, 15) is 14.9 Å². The smallest absolute Gasteiger partial charge is 0.337 e. The largest absolute Gasteiger partial charge is 0.465 e. The number of anilines is 1. The first kappa shape index (κ1) is 31.5. The highest BCUT2D eigenvalue weighted by molar-refractivity contribution is 6.31. The lowest BCUT2D eigenvalue weighted by atomic mass is 9.62. The van der Waals surface area contributed by atoms with Gasteiger partial charge in [0.15, 0.2) is 0 Å². The molecule has 0 aromatic heterocycles. The van der Waals surface area contributed by atoms with Gasteiger partial charge in [0.2, 0.25) is 5.91 Å². The number of ether oxygens (including phenoxy) is 1. The molecule has 2 aliphatic heterocycles. The molecule has 0 unspecified atom stereocenters. The minimum atomic E-state index is -1.68. The highest BCUT2D eigenvalue weighted by Gasteiger charge is 2.71. The van der Waals surface area contributed by atoms with Crippen molar-refractivity contribution >= 4 is 40.8 Å². The van der Waals surface area contributed by atoms with E-state index in [0.29, 0.717) is 17.7 Å². The molecule has 1 aliphatic carbocycles. The van der Waals surface area contributed by atoms with Crippen molar-refractivity contribution in [2.24, 2.45) is 11.3 Å². The van der Waals surface area contributed by atoms with Crippen molar-refractivity contribution in [2.45, 2.75) is 69.6 Å². The molecule has 0 spiro atoms. The Morgan fingerprint density at radius 2 is 1.78 bits per heavy atom. The van der Waals surface area contributed by atoms with E-state index in [1.54, 1.807) is 35.2 Å². The fraction of sp³-hybridized carbons (Fsp3) is 0.400. The van der Waals surface area contributed by atoms with Gasteiger partial charge < -0.3 is 4.74 Å². The van der Waals surface area contributed by atoms with Crippen molar-refractivity contribution in [1.82, 2.24) is 4.90 Å². The number of hydrogen-bond donors (Lipinski definition) is 0. The number of nitrogens with zero attached hydrogens (tertiary/aromatic N) is 3. The monoisotopic (exact) mass is 651 g/mol. The Bertz CT molecular complexity index is 1720. The first-order chi connectivity index (χ1) is 21.3. The summed E-state index contributed by atoms with van der Waals surface area (Å²) in [7, 11) is 1.30. The van der Waals surface area contributed by atoms with E-state index in [2.05, 4.69) is 11.0 Å².